The minimum absolute atomic E-state index is 0.132. The zero-order valence-corrected chi connectivity index (χ0v) is 14.7. The lowest BCUT2D eigenvalue weighted by Gasteiger charge is -2.65. The van der Waals surface area contributed by atoms with Crippen LogP contribution in [0.25, 0.3) is 0 Å². The number of amides is 1. The van der Waals surface area contributed by atoms with E-state index in [-0.39, 0.29) is 23.3 Å². The van der Waals surface area contributed by atoms with Crippen molar-refractivity contribution in [3.63, 3.8) is 0 Å². The van der Waals surface area contributed by atoms with E-state index < -0.39 is 5.54 Å². The number of benzene rings is 1. The Balaban J connectivity index is 1.52. The minimum atomic E-state index is -0.774. The van der Waals surface area contributed by atoms with Crippen molar-refractivity contribution in [3.05, 3.63) is 35.9 Å². The molecular weight excluding hydrogens is 300 g/mol. The summed E-state index contributed by atoms with van der Waals surface area (Å²) in [7, 11) is 0. The molecule has 0 aromatic heterocycles. The summed E-state index contributed by atoms with van der Waals surface area (Å²) < 4.78 is 5.94. The first kappa shape index (κ1) is 16.1. The van der Waals surface area contributed by atoms with Gasteiger partial charge in [0.2, 0.25) is 5.91 Å². The summed E-state index contributed by atoms with van der Waals surface area (Å²) in [5.74, 6) is 0.738. The predicted molar refractivity (Wildman–Crippen MR) is 93.5 cm³/mol. The van der Waals surface area contributed by atoms with Crippen LogP contribution in [0, 0.1) is 11.3 Å². The molecule has 0 spiro atoms. The predicted octanol–water partition coefficient (Wildman–Crippen LogP) is 2.54. The highest BCUT2D eigenvalue weighted by Gasteiger charge is 2.71. The highest BCUT2D eigenvalue weighted by molar-refractivity contribution is 5.90. The Morgan fingerprint density at radius 3 is 2.75 bits per heavy atom. The fourth-order valence-corrected chi connectivity index (χ4v) is 5.21. The number of ether oxygens (including phenoxy) is 1. The summed E-state index contributed by atoms with van der Waals surface area (Å²) in [6.07, 6.45) is 3.17. The maximum atomic E-state index is 13.3. The number of nitrogens with two attached hydrogens (primary N) is 1. The number of nitrogens with zero attached hydrogens (tertiary/aromatic N) is 1. The average molecular weight is 328 g/mol. The summed E-state index contributed by atoms with van der Waals surface area (Å²) >= 11 is 0. The van der Waals surface area contributed by atoms with E-state index in [1.165, 1.54) is 5.56 Å². The summed E-state index contributed by atoms with van der Waals surface area (Å²) in [5.41, 5.74) is 7.03. The molecule has 0 radical (unpaired) electrons. The number of rotatable bonds is 2. The molecule has 3 aliphatic rings. The molecule has 4 atom stereocenters. The lowest BCUT2D eigenvalue weighted by Crippen LogP contribution is -2.82. The van der Waals surface area contributed by atoms with E-state index in [1.54, 1.807) is 0 Å². The van der Waals surface area contributed by atoms with Gasteiger partial charge in [-0.3, -0.25) is 4.79 Å². The van der Waals surface area contributed by atoms with E-state index in [1.807, 2.05) is 11.0 Å². The minimum Gasteiger partial charge on any atom is -0.377 e. The van der Waals surface area contributed by atoms with Crippen molar-refractivity contribution in [1.82, 2.24) is 4.90 Å². The van der Waals surface area contributed by atoms with Crippen LogP contribution < -0.4 is 5.73 Å². The third-order valence-corrected chi connectivity index (χ3v) is 6.78. The highest BCUT2D eigenvalue weighted by Crippen LogP contribution is 2.58. The summed E-state index contributed by atoms with van der Waals surface area (Å²) in [5, 5.41) is 0. The Bertz CT molecular complexity index is 630. The molecule has 4 unspecified atom stereocenters. The topological polar surface area (TPSA) is 55.6 Å². The second-order valence-corrected chi connectivity index (χ2v) is 8.28. The molecule has 2 saturated heterocycles. The Hall–Kier alpha value is -1.39. The van der Waals surface area contributed by atoms with Gasteiger partial charge >= 0.3 is 0 Å². The number of carbonyl (C=O) groups is 1. The number of fused-ring (bicyclic) bond motifs is 1. The summed E-state index contributed by atoms with van der Waals surface area (Å²) in [4.78, 5) is 15.3. The van der Waals surface area contributed by atoms with E-state index in [9.17, 15) is 4.79 Å². The van der Waals surface area contributed by atoms with Crippen LogP contribution in [0.4, 0.5) is 0 Å². The quantitative estimate of drug-likeness (QED) is 0.908. The van der Waals surface area contributed by atoms with Crippen molar-refractivity contribution in [2.45, 2.75) is 50.7 Å². The van der Waals surface area contributed by atoms with Crippen LogP contribution in [-0.2, 0) is 9.53 Å². The number of likely N-dealkylation sites (tertiary alicyclic amines) is 1. The molecule has 2 aliphatic heterocycles. The SMILES string of the molecule is CC1(C)C2OCCCC2C1(N)C(=O)N1CCC(c2ccccc2)C1. The van der Waals surface area contributed by atoms with Crippen molar-refractivity contribution >= 4 is 5.91 Å². The highest BCUT2D eigenvalue weighted by atomic mass is 16.5. The zero-order valence-electron chi connectivity index (χ0n) is 14.7. The van der Waals surface area contributed by atoms with Crippen molar-refractivity contribution in [2.75, 3.05) is 19.7 Å². The lowest BCUT2D eigenvalue weighted by molar-refractivity contribution is -0.229. The van der Waals surface area contributed by atoms with Gasteiger partial charge in [0.25, 0.3) is 0 Å². The van der Waals surface area contributed by atoms with Crippen LogP contribution in [0.2, 0.25) is 0 Å². The molecule has 130 valence electrons. The molecule has 4 nitrogen and oxygen atoms in total. The van der Waals surface area contributed by atoms with E-state index in [2.05, 4.69) is 38.1 Å². The van der Waals surface area contributed by atoms with E-state index in [4.69, 9.17) is 10.5 Å². The Morgan fingerprint density at radius 2 is 2.00 bits per heavy atom. The Labute approximate surface area is 144 Å². The fraction of sp³-hybridized carbons (Fsp3) is 0.650. The molecule has 1 aromatic rings. The fourth-order valence-electron chi connectivity index (χ4n) is 5.21. The third kappa shape index (κ3) is 2.09. The maximum absolute atomic E-state index is 13.3. The molecule has 2 N–H and O–H groups in total. The Morgan fingerprint density at radius 1 is 1.25 bits per heavy atom. The number of hydrogen-bond acceptors (Lipinski definition) is 3. The van der Waals surface area contributed by atoms with Gasteiger partial charge in [0, 0.05) is 36.9 Å². The normalized spacial score (nSPS) is 37.6. The van der Waals surface area contributed by atoms with Gasteiger partial charge in [0.15, 0.2) is 0 Å². The second-order valence-electron chi connectivity index (χ2n) is 8.28. The molecule has 2 heterocycles. The standard InChI is InChI=1S/C20H28N2O2/c1-19(2)17-16(9-6-12-24-17)20(19,21)18(23)22-11-10-15(13-22)14-7-4-3-5-8-14/h3-5,7-8,15-17H,6,9-13,21H2,1-2H3. The van der Waals surface area contributed by atoms with Gasteiger partial charge in [-0.2, -0.15) is 0 Å². The molecule has 4 heteroatoms. The van der Waals surface area contributed by atoms with Crippen molar-refractivity contribution < 1.29 is 9.53 Å². The van der Waals surface area contributed by atoms with Crippen molar-refractivity contribution in [3.8, 4) is 0 Å². The molecule has 1 aliphatic carbocycles. The molecule has 3 fully saturated rings. The largest absolute Gasteiger partial charge is 0.377 e. The Kier molecular flexibility index (Phi) is 3.73. The van der Waals surface area contributed by atoms with E-state index in [0.717, 1.165) is 39.0 Å². The molecular formula is C20H28N2O2. The van der Waals surface area contributed by atoms with Gasteiger partial charge < -0.3 is 15.4 Å². The first-order valence-electron chi connectivity index (χ1n) is 9.21. The van der Waals surface area contributed by atoms with Gasteiger partial charge in [-0.15, -0.1) is 0 Å². The lowest BCUT2D eigenvalue weighted by atomic mass is 9.46. The van der Waals surface area contributed by atoms with E-state index >= 15 is 0 Å². The van der Waals surface area contributed by atoms with Crippen molar-refractivity contribution in [1.29, 1.82) is 0 Å². The number of hydrogen-bond donors (Lipinski definition) is 1. The van der Waals surface area contributed by atoms with Crippen LogP contribution in [0.3, 0.4) is 0 Å². The van der Waals surface area contributed by atoms with Crippen molar-refractivity contribution in [2.24, 2.45) is 17.1 Å². The van der Waals surface area contributed by atoms with Gasteiger partial charge in [-0.25, -0.2) is 0 Å². The van der Waals surface area contributed by atoms with E-state index in [0.29, 0.717) is 5.92 Å². The molecule has 1 aromatic carbocycles. The molecule has 1 saturated carbocycles. The molecule has 0 bridgehead atoms. The summed E-state index contributed by atoms with van der Waals surface area (Å²) in [6.45, 7) is 6.60. The number of carbonyl (C=O) groups excluding carboxylic acids is 1. The third-order valence-electron chi connectivity index (χ3n) is 6.78. The van der Waals surface area contributed by atoms with Crippen LogP contribution in [-0.4, -0.2) is 42.1 Å². The average Bonchev–Trinajstić information content (AvgIpc) is 3.11. The van der Waals surface area contributed by atoms with Gasteiger partial charge in [0.05, 0.1) is 6.10 Å². The first-order chi connectivity index (χ1) is 11.5. The van der Waals surface area contributed by atoms with Crippen LogP contribution in [0.15, 0.2) is 30.3 Å². The second kappa shape index (κ2) is 5.57. The summed E-state index contributed by atoms with van der Waals surface area (Å²) in [6, 6.07) is 10.5. The zero-order chi connectivity index (χ0) is 16.9. The first-order valence-corrected chi connectivity index (χ1v) is 9.21. The van der Waals surface area contributed by atoms with Gasteiger partial charge in [-0.1, -0.05) is 44.2 Å². The van der Waals surface area contributed by atoms with Crippen LogP contribution in [0.5, 0.6) is 0 Å². The van der Waals surface area contributed by atoms with Gasteiger partial charge in [-0.05, 0) is 24.8 Å². The smallest absolute Gasteiger partial charge is 0.243 e. The molecule has 24 heavy (non-hydrogen) atoms. The van der Waals surface area contributed by atoms with Crippen LogP contribution >= 0.6 is 0 Å². The van der Waals surface area contributed by atoms with Gasteiger partial charge in [0.1, 0.15) is 5.54 Å². The monoisotopic (exact) mass is 328 g/mol. The van der Waals surface area contributed by atoms with Crippen LogP contribution in [0.1, 0.15) is 44.6 Å². The maximum Gasteiger partial charge on any atom is 0.243 e. The molecule has 4 rings (SSSR count). The molecule has 1 amide bonds.